The molecule has 3 aromatic carbocycles. The zero-order valence-corrected chi connectivity index (χ0v) is 20.5. The van der Waals surface area contributed by atoms with Crippen molar-refractivity contribution in [3.8, 4) is 11.5 Å². The standard InChI is InChI=1S/C28H27N3O6/c1-18(29)30-37-28(34)20-10-12-24(13-11-20)36-25-14-21(27(33)35-2)8-9-22(25)16-31-17-23(15-26(31)32)19-6-4-3-5-7-19/h3-14,23H,15-17H2,1-2H3,(H2,29,30)/t23-/m1/s1. The summed E-state index contributed by atoms with van der Waals surface area (Å²) < 4.78 is 10.9. The normalized spacial score (nSPS) is 15.4. The number of likely N-dealkylation sites (tertiary alicyclic amines) is 1. The molecule has 0 spiro atoms. The number of carbonyl (C=O) groups is 3. The van der Waals surface area contributed by atoms with Gasteiger partial charge in [-0.15, -0.1) is 0 Å². The number of nitrogens with zero attached hydrogens (tertiary/aromatic N) is 2. The van der Waals surface area contributed by atoms with Crippen LogP contribution in [0.4, 0.5) is 0 Å². The van der Waals surface area contributed by atoms with E-state index in [4.69, 9.17) is 20.0 Å². The summed E-state index contributed by atoms with van der Waals surface area (Å²) in [7, 11) is 1.30. The van der Waals surface area contributed by atoms with Gasteiger partial charge in [0.1, 0.15) is 17.3 Å². The van der Waals surface area contributed by atoms with E-state index >= 15 is 0 Å². The number of benzene rings is 3. The summed E-state index contributed by atoms with van der Waals surface area (Å²) in [6.45, 7) is 2.41. The molecule has 1 saturated heterocycles. The molecule has 190 valence electrons. The second-order valence-corrected chi connectivity index (χ2v) is 8.64. The molecule has 9 heteroatoms. The van der Waals surface area contributed by atoms with E-state index in [1.807, 2.05) is 30.3 Å². The van der Waals surface area contributed by atoms with E-state index in [-0.39, 0.29) is 23.2 Å². The number of hydrogen-bond donors (Lipinski definition) is 1. The average molecular weight is 502 g/mol. The van der Waals surface area contributed by atoms with Crippen LogP contribution in [-0.4, -0.2) is 42.2 Å². The van der Waals surface area contributed by atoms with E-state index < -0.39 is 11.9 Å². The van der Waals surface area contributed by atoms with E-state index in [0.717, 1.165) is 11.1 Å². The van der Waals surface area contributed by atoms with Crippen molar-refractivity contribution in [1.82, 2.24) is 4.90 Å². The Balaban J connectivity index is 1.54. The van der Waals surface area contributed by atoms with Crippen molar-refractivity contribution in [1.29, 1.82) is 0 Å². The second-order valence-electron chi connectivity index (χ2n) is 8.64. The Labute approximate surface area is 214 Å². The lowest BCUT2D eigenvalue weighted by Gasteiger charge is -2.20. The number of hydrogen-bond acceptors (Lipinski definition) is 7. The number of amidine groups is 1. The molecule has 9 nitrogen and oxygen atoms in total. The number of oxime groups is 1. The molecule has 0 aromatic heterocycles. The van der Waals surface area contributed by atoms with Gasteiger partial charge in [-0.25, -0.2) is 9.59 Å². The predicted octanol–water partition coefficient (Wildman–Crippen LogP) is 4.23. The van der Waals surface area contributed by atoms with Crippen LogP contribution < -0.4 is 10.5 Å². The van der Waals surface area contributed by atoms with Gasteiger partial charge in [-0.2, -0.15) is 0 Å². The lowest BCUT2D eigenvalue weighted by atomic mass is 9.98. The first kappa shape index (κ1) is 25.4. The van der Waals surface area contributed by atoms with E-state index in [1.165, 1.54) is 26.2 Å². The number of amides is 1. The third-order valence-corrected chi connectivity index (χ3v) is 5.93. The van der Waals surface area contributed by atoms with Crippen molar-refractivity contribution in [2.45, 2.75) is 25.8 Å². The Hall–Kier alpha value is -4.66. The van der Waals surface area contributed by atoms with Crippen molar-refractivity contribution in [3.05, 3.63) is 95.1 Å². The highest BCUT2D eigenvalue weighted by molar-refractivity contribution is 5.91. The number of ether oxygens (including phenoxy) is 2. The Morgan fingerprint density at radius 3 is 2.38 bits per heavy atom. The fraction of sp³-hybridized carbons (Fsp3) is 0.214. The number of rotatable bonds is 8. The van der Waals surface area contributed by atoms with Gasteiger partial charge >= 0.3 is 11.9 Å². The molecular formula is C28H27N3O6. The molecule has 1 amide bonds. The number of nitrogens with two attached hydrogens (primary N) is 1. The van der Waals surface area contributed by atoms with Crippen LogP contribution in [0.25, 0.3) is 0 Å². The minimum Gasteiger partial charge on any atom is -0.465 e. The molecule has 0 saturated carbocycles. The van der Waals surface area contributed by atoms with Gasteiger partial charge < -0.3 is 24.9 Å². The number of methoxy groups -OCH3 is 1. The fourth-order valence-electron chi connectivity index (χ4n) is 4.06. The molecule has 0 unspecified atom stereocenters. The Morgan fingerprint density at radius 1 is 1.00 bits per heavy atom. The minimum absolute atomic E-state index is 0.0510. The third-order valence-electron chi connectivity index (χ3n) is 5.93. The number of carbonyl (C=O) groups excluding carboxylic acids is 3. The van der Waals surface area contributed by atoms with E-state index in [9.17, 15) is 14.4 Å². The quantitative estimate of drug-likeness (QED) is 0.161. The van der Waals surface area contributed by atoms with E-state index in [2.05, 4.69) is 5.16 Å². The largest absolute Gasteiger partial charge is 0.465 e. The summed E-state index contributed by atoms with van der Waals surface area (Å²) in [6, 6.07) is 21.2. The molecule has 3 aromatic rings. The van der Waals surface area contributed by atoms with Crippen molar-refractivity contribution in [3.63, 3.8) is 0 Å². The molecule has 37 heavy (non-hydrogen) atoms. The van der Waals surface area contributed by atoms with Crippen LogP contribution in [0.3, 0.4) is 0 Å². The summed E-state index contributed by atoms with van der Waals surface area (Å²) >= 11 is 0. The summed E-state index contributed by atoms with van der Waals surface area (Å²) in [5.74, 6) is -0.0530. The van der Waals surface area contributed by atoms with Gasteiger partial charge in [0.25, 0.3) is 0 Å². The molecule has 1 aliphatic heterocycles. The van der Waals surface area contributed by atoms with Crippen LogP contribution in [0.1, 0.15) is 51.1 Å². The highest BCUT2D eigenvalue weighted by Crippen LogP contribution is 2.33. The molecule has 0 aliphatic carbocycles. The van der Waals surface area contributed by atoms with Gasteiger partial charge in [-0.3, -0.25) is 4.79 Å². The smallest absolute Gasteiger partial charge is 0.365 e. The van der Waals surface area contributed by atoms with Crippen molar-refractivity contribution < 1.29 is 28.7 Å². The minimum atomic E-state index is -0.662. The number of esters is 1. The Morgan fingerprint density at radius 2 is 1.70 bits per heavy atom. The SMILES string of the molecule is COC(=O)c1ccc(CN2C[C@H](c3ccccc3)CC2=O)c(Oc2ccc(C(=O)ON=C(C)N)cc2)c1. The molecule has 1 atom stereocenters. The maximum atomic E-state index is 12.8. The first-order valence-corrected chi connectivity index (χ1v) is 11.7. The maximum Gasteiger partial charge on any atom is 0.365 e. The lowest BCUT2D eigenvalue weighted by Crippen LogP contribution is -2.24. The van der Waals surface area contributed by atoms with Crippen molar-refractivity contribution in [2.24, 2.45) is 10.9 Å². The van der Waals surface area contributed by atoms with Gasteiger partial charge in [0, 0.05) is 31.0 Å². The fourth-order valence-corrected chi connectivity index (χ4v) is 4.06. The first-order chi connectivity index (χ1) is 17.8. The van der Waals surface area contributed by atoms with E-state index in [0.29, 0.717) is 36.6 Å². The van der Waals surface area contributed by atoms with Crippen molar-refractivity contribution in [2.75, 3.05) is 13.7 Å². The summed E-state index contributed by atoms with van der Waals surface area (Å²) in [5.41, 5.74) is 7.81. The third kappa shape index (κ3) is 6.32. The molecular weight excluding hydrogens is 474 g/mol. The molecule has 0 bridgehead atoms. The molecule has 4 rings (SSSR count). The first-order valence-electron chi connectivity index (χ1n) is 11.7. The summed E-state index contributed by atoms with van der Waals surface area (Å²) in [4.78, 5) is 43.5. The van der Waals surface area contributed by atoms with Gasteiger partial charge in [0.2, 0.25) is 5.91 Å². The van der Waals surface area contributed by atoms with Gasteiger partial charge in [0.05, 0.1) is 18.2 Å². The highest BCUT2D eigenvalue weighted by Gasteiger charge is 2.31. The van der Waals surface area contributed by atoms with Crippen molar-refractivity contribution >= 4 is 23.7 Å². The van der Waals surface area contributed by atoms with Crippen LogP contribution in [0.2, 0.25) is 0 Å². The van der Waals surface area contributed by atoms with Crippen LogP contribution in [-0.2, 0) is 20.9 Å². The Bertz CT molecular complexity index is 1320. The highest BCUT2D eigenvalue weighted by atomic mass is 16.7. The molecule has 1 fully saturated rings. The second kappa shape index (κ2) is 11.4. The van der Waals surface area contributed by atoms with Crippen LogP contribution in [0, 0.1) is 0 Å². The maximum absolute atomic E-state index is 12.8. The molecule has 0 radical (unpaired) electrons. The van der Waals surface area contributed by atoms with Crippen LogP contribution in [0.15, 0.2) is 78.0 Å². The molecule has 1 aliphatic rings. The topological polar surface area (TPSA) is 121 Å². The average Bonchev–Trinajstić information content (AvgIpc) is 3.28. The van der Waals surface area contributed by atoms with E-state index in [1.54, 1.807) is 35.2 Å². The summed E-state index contributed by atoms with van der Waals surface area (Å²) in [6.07, 6.45) is 0.436. The monoisotopic (exact) mass is 501 g/mol. The van der Waals surface area contributed by atoms with Gasteiger partial charge in [0.15, 0.2) is 0 Å². The molecule has 2 N–H and O–H groups in total. The zero-order chi connectivity index (χ0) is 26.4. The predicted molar refractivity (Wildman–Crippen MR) is 136 cm³/mol. The van der Waals surface area contributed by atoms with Crippen LogP contribution >= 0.6 is 0 Å². The van der Waals surface area contributed by atoms with Gasteiger partial charge in [-0.1, -0.05) is 41.6 Å². The Kier molecular flexibility index (Phi) is 7.83. The zero-order valence-electron chi connectivity index (χ0n) is 20.5. The van der Waals surface area contributed by atoms with Gasteiger partial charge in [-0.05, 0) is 48.9 Å². The summed E-state index contributed by atoms with van der Waals surface area (Å²) in [5, 5.41) is 3.45. The van der Waals surface area contributed by atoms with Crippen LogP contribution in [0.5, 0.6) is 11.5 Å². The lowest BCUT2D eigenvalue weighted by molar-refractivity contribution is -0.128. The molecule has 1 heterocycles.